The minimum absolute atomic E-state index is 0.138. The van der Waals surface area contributed by atoms with Crippen molar-refractivity contribution >= 4 is 17.5 Å². The predicted octanol–water partition coefficient (Wildman–Crippen LogP) is 2.68. The van der Waals surface area contributed by atoms with Crippen LogP contribution in [0.5, 0.6) is 0 Å². The molecule has 6 rings (SSSR count). The molecule has 5 aliphatic carbocycles. The molecule has 4 bridgehead atoms. The van der Waals surface area contributed by atoms with Gasteiger partial charge in [-0.1, -0.05) is 11.6 Å². The van der Waals surface area contributed by atoms with E-state index in [0.29, 0.717) is 28.5 Å². The smallest absolute Gasteiger partial charge is 0.256 e. The fourth-order valence-electron chi connectivity index (χ4n) is 6.50. The first-order valence-electron chi connectivity index (χ1n) is 10.4. The van der Waals surface area contributed by atoms with Crippen LogP contribution in [0.25, 0.3) is 0 Å². The van der Waals surface area contributed by atoms with Crippen molar-refractivity contribution in [3.8, 4) is 0 Å². The molecular formula is C20H28ClN3O3. The minimum atomic E-state index is -0.494. The van der Waals surface area contributed by atoms with Crippen molar-refractivity contribution in [1.29, 1.82) is 0 Å². The molecule has 3 N–H and O–H groups in total. The molecule has 1 heterocycles. The van der Waals surface area contributed by atoms with Crippen molar-refractivity contribution < 1.29 is 15.0 Å². The molecule has 27 heavy (non-hydrogen) atoms. The highest BCUT2D eigenvalue weighted by Gasteiger charge is 2.55. The van der Waals surface area contributed by atoms with Gasteiger partial charge in [0.25, 0.3) is 5.91 Å². The number of aliphatic hydroxyl groups is 2. The van der Waals surface area contributed by atoms with Gasteiger partial charge in [-0.05, 0) is 75.5 Å². The molecule has 0 aliphatic heterocycles. The number of hydrogen-bond acceptors (Lipinski definition) is 4. The first-order valence-corrected chi connectivity index (χ1v) is 10.7. The van der Waals surface area contributed by atoms with Crippen LogP contribution in [0, 0.1) is 17.8 Å². The second-order valence-electron chi connectivity index (χ2n) is 9.45. The van der Waals surface area contributed by atoms with Crippen LogP contribution in [0.15, 0.2) is 6.20 Å². The molecule has 0 saturated heterocycles. The van der Waals surface area contributed by atoms with E-state index in [4.69, 9.17) is 11.6 Å². The minimum Gasteiger partial charge on any atom is -0.393 e. The Balaban J connectivity index is 1.30. The summed E-state index contributed by atoms with van der Waals surface area (Å²) in [5.74, 6) is 1.22. The number of aliphatic hydroxyl groups excluding tert-OH is 1. The average Bonchev–Trinajstić information content (AvgIpc) is 2.99. The SMILES string of the molecule is O=C(NC1[C@@H]2CC3C[C@@H]1CC(O)(C3)C2)c1cnn(C2CCC(O)CC2)c1Cl. The van der Waals surface area contributed by atoms with Gasteiger partial charge in [-0.25, -0.2) is 0 Å². The number of aromatic nitrogens is 2. The van der Waals surface area contributed by atoms with Crippen molar-refractivity contribution in [1.82, 2.24) is 15.1 Å². The van der Waals surface area contributed by atoms with E-state index in [2.05, 4.69) is 10.4 Å². The van der Waals surface area contributed by atoms with Gasteiger partial charge in [-0.15, -0.1) is 0 Å². The summed E-state index contributed by atoms with van der Waals surface area (Å²) in [4.78, 5) is 12.9. The van der Waals surface area contributed by atoms with Crippen LogP contribution in [-0.2, 0) is 0 Å². The molecule has 1 aromatic rings. The molecule has 5 fully saturated rings. The maximum absolute atomic E-state index is 12.9. The maximum Gasteiger partial charge on any atom is 0.256 e. The van der Waals surface area contributed by atoms with Gasteiger partial charge < -0.3 is 15.5 Å². The van der Waals surface area contributed by atoms with Crippen LogP contribution >= 0.6 is 11.6 Å². The monoisotopic (exact) mass is 393 g/mol. The third kappa shape index (κ3) is 3.10. The van der Waals surface area contributed by atoms with Gasteiger partial charge in [0.1, 0.15) is 5.15 Å². The topological polar surface area (TPSA) is 87.4 Å². The Hall–Kier alpha value is -1.11. The molecule has 0 unspecified atom stereocenters. The zero-order valence-electron chi connectivity index (χ0n) is 15.5. The van der Waals surface area contributed by atoms with Gasteiger partial charge in [0, 0.05) is 6.04 Å². The van der Waals surface area contributed by atoms with E-state index in [-0.39, 0.29) is 24.1 Å². The summed E-state index contributed by atoms with van der Waals surface area (Å²) in [6.45, 7) is 0. The second kappa shape index (κ2) is 6.46. The lowest BCUT2D eigenvalue weighted by molar-refractivity contribution is -0.136. The summed E-state index contributed by atoms with van der Waals surface area (Å²) in [6, 6.07) is 0.288. The van der Waals surface area contributed by atoms with E-state index in [9.17, 15) is 15.0 Å². The van der Waals surface area contributed by atoms with Crippen LogP contribution in [-0.4, -0.2) is 43.6 Å². The Bertz CT molecular complexity index is 727. The number of halogens is 1. The molecular weight excluding hydrogens is 366 g/mol. The summed E-state index contributed by atoms with van der Waals surface area (Å²) >= 11 is 6.52. The quantitative estimate of drug-likeness (QED) is 0.736. The number of nitrogens with one attached hydrogen (secondary N) is 1. The van der Waals surface area contributed by atoms with Crippen molar-refractivity contribution in [2.24, 2.45) is 17.8 Å². The van der Waals surface area contributed by atoms with E-state index in [1.807, 2.05) is 0 Å². The first-order chi connectivity index (χ1) is 12.9. The highest BCUT2D eigenvalue weighted by molar-refractivity contribution is 6.32. The van der Waals surface area contributed by atoms with Crippen LogP contribution in [0.1, 0.15) is 74.2 Å². The highest BCUT2D eigenvalue weighted by Crippen LogP contribution is 2.55. The number of hydrogen-bond donors (Lipinski definition) is 3. The Morgan fingerprint density at radius 2 is 1.85 bits per heavy atom. The molecule has 148 valence electrons. The van der Waals surface area contributed by atoms with E-state index in [0.717, 1.165) is 57.8 Å². The van der Waals surface area contributed by atoms with Crippen LogP contribution in [0.4, 0.5) is 0 Å². The Labute approximate surface area is 164 Å². The molecule has 0 aromatic carbocycles. The summed E-state index contributed by atoms with van der Waals surface area (Å²) < 4.78 is 1.75. The third-order valence-electron chi connectivity index (χ3n) is 7.53. The summed E-state index contributed by atoms with van der Waals surface area (Å²) in [6.07, 6.45) is 9.28. The maximum atomic E-state index is 12.9. The Kier molecular flexibility index (Phi) is 4.30. The van der Waals surface area contributed by atoms with E-state index in [1.165, 1.54) is 0 Å². The molecule has 6 nitrogen and oxygen atoms in total. The summed E-state index contributed by atoms with van der Waals surface area (Å²) in [5, 5.41) is 28.4. The highest BCUT2D eigenvalue weighted by atomic mass is 35.5. The number of carbonyl (C=O) groups is 1. The van der Waals surface area contributed by atoms with E-state index in [1.54, 1.807) is 10.9 Å². The molecule has 5 saturated carbocycles. The van der Waals surface area contributed by atoms with Crippen molar-refractivity contribution in [2.45, 2.75) is 81.6 Å². The summed E-state index contributed by atoms with van der Waals surface area (Å²) in [5.41, 5.74) is -0.0541. The number of rotatable bonds is 3. The number of amides is 1. The van der Waals surface area contributed by atoms with Crippen molar-refractivity contribution in [3.63, 3.8) is 0 Å². The first kappa shape index (κ1) is 18.0. The van der Waals surface area contributed by atoms with E-state index >= 15 is 0 Å². The molecule has 1 aromatic heterocycles. The predicted molar refractivity (Wildman–Crippen MR) is 101 cm³/mol. The fraction of sp³-hybridized carbons (Fsp3) is 0.800. The zero-order chi connectivity index (χ0) is 18.8. The molecule has 0 spiro atoms. The van der Waals surface area contributed by atoms with E-state index < -0.39 is 5.60 Å². The lowest BCUT2D eigenvalue weighted by atomic mass is 9.52. The summed E-state index contributed by atoms with van der Waals surface area (Å²) in [7, 11) is 0. The van der Waals surface area contributed by atoms with Gasteiger partial charge >= 0.3 is 0 Å². The lowest BCUT2D eigenvalue weighted by Crippen LogP contribution is -2.61. The second-order valence-corrected chi connectivity index (χ2v) is 9.81. The fourth-order valence-corrected chi connectivity index (χ4v) is 6.82. The van der Waals surface area contributed by atoms with Gasteiger partial charge in [0.05, 0.1) is 29.5 Å². The third-order valence-corrected chi connectivity index (χ3v) is 7.91. The molecule has 7 heteroatoms. The van der Waals surface area contributed by atoms with Crippen LogP contribution in [0.3, 0.4) is 0 Å². The van der Waals surface area contributed by atoms with Crippen LogP contribution in [0.2, 0.25) is 5.15 Å². The Morgan fingerprint density at radius 3 is 2.48 bits per heavy atom. The largest absolute Gasteiger partial charge is 0.393 e. The van der Waals surface area contributed by atoms with Gasteiger partial charge in [-0.3, -0.25) is 9.48 Å². The number of nitrogens with zero attached hydrogens (tertiary/aromatic N) is 2. The van der Waals surface area contributed by atoms with Crippen molar-refractivity contribution in [2.75, 3.05) is 0 Å². The normalized spacial score (nSPS) is 43.1. The Morgan fingerprint density at radius 1 is 1.19 bits per heavy atom. The van der Waals surface area contributed by atoms with Gasteiger partial charge in [0.15, 0.2) is 0 Å². The van der Waals surface area contributed by atoms with Crippen LogP contribution < -0.4 is 5.32 Å². The average molecular weight is 394 g/mol. The zero-order valence-corrected chi connectivity index (χ0v) is 16.2. The molecule has 2 atom stereocenters. The molecule has 1 amide bonds. The molecule has 5 aliphatic rings. The van der Waals surface area contributed by atoms with Gasteiger partial charge in [0.2, 0.25) is 0 Å². The standard InChI is InChI=1S/C20H28ClN3O3/c21-18-16(10-22-24(18)14-1-3-15(25)4-2-14)19(26)23-17-12-5-11-6-13(17)9-20(27,7-11)8-12/h10-15,17,25,27H,1-9H2,(H,23,26)/t11?,12-,13-,14?,15?,17?,20?/m1/s1. The number of carbonyl (C=O) groups excluding carboxylic acids is 1. The van der Waals surface area contributed by atoms with Gasteiger partial charge in [-0.2, -0.15) is 5.10 Å². The molecule has 0 radical (unpaired) electrons. The lowest BCUT2D eigenvalue weighted by Gasteiger charge is -2.58. The van der Waals surface area contributed by atoms with Crippen molar-refractivity contribution in [3.05, 3.63) is 16.9 Å².